The summed E-state index contributed by atoms with van der Waals surface area (Å²) in [6.45, 7) is 8.66. The zero-order valence-electron chi connectivity index (χ0n) is 8.17. The second-order valence-electron chi connectivity index (χ2n) is 3.91. The van der Waals surface area contributed by atoms with Gasteiger partial charge >= 0.3 is 0 Å². The first-order chi connectivity index (χ1) is 6.13. The Labute approximate surface area is 85.2 Å². The van der Waals surface area contributed by atoms with E-state index in [0.29, 0.717) is 11.8 Å². The van der Waals surface area contributed by atoms with Gasteiger partial charge in [0.25, 0.3) is 0 Å². The van der Waals surface area contributed by atoms with Crippen LogP contribution in [0.4, 0.5) is 0 Å². The minimum atomic E-state index is -0.186. The molecule has 0 aliphatic carbocycles. The minimum absolute atomic E-state index is 0.186. The van der Waals surface area contributed by atoms with Gasteiger partial charge in [-0.25, -0.2) is 0 Å². The van der Waals surface area contributed by atoms with Gasteiger partial charge in [-0.1, -0.05) is 6.58 Å². The molecule has 0 aromatic rings. The van der Waals surface area contributed by atoms with E-state index >= 15 is 0 Å². The summed E-state index contributed by atoms with van der Waals surface area (Å²) in [6, 6.07) is 0. The number of halogens is 1. The molecule has 1 aliphatic rings. The lowest BCUT2D eigenvalue weighted by atomic mass is 10.0. The maximum atomic E-state index is 9.39. The lowest BCUT2D eigenvalue weighted by molar-refractivity contribution is 0.128. The van der Waals surface area contributed by atoms with Crippen molar-refractivity contribution >= 4 is 11.6 Å². The number of nitrogens with zero attached hydrogens (tertiary/aromatic N) is 1. The number of rotatable bonds is 4. The number of aliphatic hydroxyl groups excluding tert-OH is 1. The molecule has 0 aromatic heterocycles. The first-order valence-electron chi connectivity index (χ1n) is 4.76. The lowest BCUT2D eigenvalue weighted by Crippen LogP contribution is -2.26. The van der Waals surface area contributed by atoms with Gasteiger partial charge in [-0.2, -0.15) is 0 Å². The maximum Gasteiger partial charge on any atom is 0.0552 e. The van der Waals surface area contributed by atoms with Crippen molar-refractivity contribution in [2.45, 2.75) is 19.4 Å². The summed E-state index contributed by atoms with van der Waals surface area (Å²) in [6.07, 6.45) is 0.905. The van der Waals surface area contributed by atoms with E-state index in [2.05, 4.69) is 11.5 Å². The van der Waals surface area contributed by atoms with Crippen molar-refractivity contribution in [1.82, 2.24) is 4.90 Å². The Hall–Kier alpha value is -0.0500. The second kappa shape index (κ2) is 4.99. The molecule has 0 aromatic carbocycles. The average Bonchev–Trinajstić information content (AvgIpc) is 2.52. The number of hydrogen-bond acceptors (Lipinski definition) is 2. The molecule has 1 N–H and O–H groups in total. The summed E-state index contributed by atoms with van der Waals surface area (Å²) >= 11 is 5.65. The van der Waals surface area contributed by atoms with Gasteiger partial charge in [-0.15, -0.1) is 11.6 Å². The maximum absolute atomic E-state index is 9.39. The van der Waals surface area contributed by atoms with Crippen molar-refractivity contribution in [2.75, 3.05) is 25.5 Å². The highest BCUT2D eigenvalue weighted by Gasteiger charge is 2.25. The van der Waals surface area contributed by atoms with E-state index < -0.39 is 0 Å². The third-order valence-electron chi connectivity index (χ3n) is 2.63. The number of likely N-dealkylation sites (tertiary alicyclic amines) is 1. The van der Waals surface area contributed by atoms with Gasteiger partial charge in [-0.05, 0) is 31.4 Å². The van der Waals surface area contributed by atoms with E-state index in [1.807, 2.05) is 6.92 Å². The number of hydrogen-bond donors (Lipinski definition) is 1. The molecular weight excluding hydrogens is 186 g/mol. The van der Waals surface area contributed by atoms with Crippen molar-refractivity contribution in [1.29, 1.82) is 0 Å². The molecule has 1 aliphatic heterocycles. The van der Waals surface area contributed by atoms with Gasteiger partial charge in [0, 0.05) is 19.0 Å². The zero-order chi connectivity index (χ0) is 9.84. The van der Waals surface area contributed by atoms with Crippen LogP contribution in [0.25, 0.3) is 0 Å². The molecule has 0 saturated carbocycles. The lowest BCUT2D eigenvalue weighted by Gasteiger charge is -2.17. The molecule has 1 saturated heterocycles. The van der Waals surface area contributed by atoms with Crippen molar-refractivity contribution in [3.63, 3.8) is 0 Å². The van der Waals surface area contributed by atoms with Crippen LogP contribution in [0.2, 0.25) is 0 Å². The number of aliphatic hydroxyl groups is 1. The molecule has 13 heavy (non-hydrogen) atoms. The van der Waals surface area contributed by atoms with Crippen LogP contribution in [-0.2, 0) is 0 Å². The quantitative estimate of drug-likeness (QED) is 0.553. The summed E-state index contributed by atoms with van der Waals surface area (Å²) in [5.74, 6) is 0.971. The van der Waals surface area contributed by atoms with E-state index in [4.69, 9.17) is 11.6 Å². The molecule has 1 fully saturated rings. The van der Waals surface area contributed by atoms with Crippen LogP contribution in [0, 0.1) is 5.92 Å². The average molecular weight is 204 g/mol. The van der Waals surface area contributed by atoms with E-state index in [-0.39, 0.29) is 6.10 Å². The monoisotopic (exact) mass is 203 g/mol. The molecule has 1 rings (SSSR count). The fourth-order valence-corrected chi connectivity index (χ4v) is 1.84. The summed E-state index contributed by atoms with van der Waals surface area (Å²) in [7, 11) is 0. The van der Waals surface area contributed by atoms with Crippen LogP contribution >= 0.6 is 11.6 Å². The summed E-state index contributed by atoms with van der Waals surface area (Å²) < 4.78 is 0. The second-order valence-corrected chi connectivity index (χ2v) is 4.18. The Kier molecular flexibility index (Phi) is 4.23. The molecule has 1 heterocycles. The Morgan fingerprint density at radius 3 is 2.92 bits per heavy atom. The van der Waals surface area contributed by atoms with Crippen LogP contribution in [-0.4, -0.2) is 41.6 Å². The third kappa shape index (κ3) is 3.29. The topological polar surface area (TPSA) is 23.5 Å². The standard InChI is InChI=1S/C10H18ClNO/c1-8(5-11)6-12-4-3-10(7-12)9(2)13/h9-10,13H,1,3-7H2,2H3. The number of alkyl halides is 1. The van der Waals surface area contributed by atoms with Gasteiger partial charge < -0.3 is 5.11 Å². The smallest absolute Gasteiger partial charge is 0.0552 e. The van der Waals surface area contributed by atoms with Crippen LogP contribution in [0.3, 0.4) is 0 Å². The van der Waals surface area contributed by atoms with E-state index in [1.165, 1.54) is 0 Å². The highest BCUT2D eigenvalue weighted by atomic mass is 35.5. The van der Waals surface area contributed by atoms with Gasteiger partial charge in [0.1, 0.15) is 0 Å². The van der Waals surface area contributed by atoms with Crippen LogP contribution in [0.5, 0.6) is 0 Å². The fraction of sp³-hybridized carbons (Fsp3) is 0.800. The van der Waals surface area contributed by atoms with Crippen LogP contribution < -0.4 is 0 Å². The Morgan fingerprint density at radius 1 is 1.77 bits per heavy atom. The SMILES string of the molecule is C=C(CCl)CN1CCC(C(C)O)C1. The molecular formula is C10H18ClNO. The van der Waals surface area contributed by atoms with Crippen molar-refractivity contribution < 1.29 is 5.11 Å². The summed E-state index contributed by atoms with van der Waals surface area (Å²) in [5, 5.41) is 9.39. The Morgan fingerprint density at radius 2 is 2.46 bits per heavy atom. The molecule has 76 valence electrons. The summed E-state index contributed by atoms with van der Waals surface area (Å²) in [4.78, 5) is 2.31. The predicted molar refractivity (Wildman–Crippen MR) is 56.1 cm³/mol. The van der Waals surface area contributed by atoms with Gasteiger partial charge in [0.05, 0.1) is 6.10 Å². The summed E-state index contributed by atoms with van der Waals surface area (Å²) in [5.41, 5.74) is 1.06. The molecule has 2 atom stereocenters. The molecule has 0 spiro atoms. The van der Waals surface area contributed by atoms with Crippen molar-refractivity contribution in [3.8, 4) is 0 Å². The highest BCUT2D eigenvalue weighted by Crippen LogP contribution is 2.20. The molecule has 0 amide bonds. The minimum Gasteiger partial charge on any atom is -0.393 e. The van der Waals surface area contributed by atoms with Gasteiger partial charge in [0.15, 0.2) is 0 Å². The van der Waals surface area contributed by atoms with Crippen molar-refractivity contribution in [2.24, 2.45) is 5.92 Å². The van der Waals surface area contributed by atoms with Gasteiger partial charge in [-0.3, -0.25) is 4.90 Å². The first-order valence-corrected chi connectivity index (χ1v) is 5.30. The van der Waals surface area contributed by atoms with Crippen LogP contribution in [0.15, 0.2) is 12.2 Å². The van der Waals surface area contributed by atoms with Crippen molar-refractivity contribution in [3.05, 3.63) is 12.2 Å². The molecule has 3 heteroatoms. The zero-order valence-corrected chi connectivity index (χ0v) is 8.93. The largest absolute Gasteiger partial charge is 0.393 e. The fourth-order valence-electron chi connectivity index (χ4n) is 1.76. The highest BCUT2D eigenvalue weighted by molar-refractivity contribution is 6.19. The van der Waals surface area contributed by atoms with Crippen LogP contribution in [0.1, 0.15) is 13.3 Å². The normalized spacial score (nSPS) is 26.2. The molecule has 2 unspecified atom stereocenters. The van der Waals surface area contributed by atoms with E-state index in [9.17, 15) is 5.11 Å². The first kappa shape index (κ1) is 11.0. The molecule has 0 radical (unpaired) electrons. The van der Waals surface area contributed by atoms with E-state index in [1.54, 1.807) is 0 Å². The van der Waals surface area contributed by atoms with E-state index in [0.717, 1.165) is 31.6 Å². The van der Waals surface area contributed by atoms with Gasteiger partial charge in [0.2, 0.25) is 0 Å². The Balaban J connectivity index is 2.29. The Bertz CT molecular complexity index is 182. The molecule has 0 bridgehead atoms. The molecule has 2 nitrogen and oxygen atoms in total. The third-order valence-corrected chi connectivity index (χ3v) is 3.01. The predicted octanol–water partition coefficient (Wildman–Crippen LogP) is 1.48.